The van der Waals surface area contributed by atoms with Gasteiger partial charge in [0.2, 0.25) is 5.82 Å². The summed E-state index contributed by atoms with van der Waals surface area (Å²) in [5, 5.41) is 14.1. The lowest BCUT2D eigenvalue weighted by atomic mass is 9.94. The second-order valence-corrected chi connectivity index (χ2v) is 5.75. The Labute approximate surface area is 115 Å². The molecule has 2 unspecified atom stereocenters. The zero-order valence-electron chi connectivity index (χ0n) is 10.8. The van der Waals surface area contributed by atoms with E-state index in [0.717, 1.165) is 18.1 Å². The van der Waals surface area contributed by atoms with Crippen molar-refractivity contribution >= 4 is 17.4 Å². The van der Waals surface area contributed by atoms with Crippen molar-refractivity contribution in [3.8, 4) is 0 Å². The van der Waals surface area contributed by atoms with Crippen LogP contribution >= 0.6 is 11.8 Å². The number of nitro benzene ring substituents is 1. The Kier molecular flexibility index (Phi) is 4.76. The van der Waals surface area contributed by atoms with E-state index in [1.54, 1.807) is 12.1 Å². The minimum absolute atomic E-state index is 0.335. The fourth-order valence-electron chi connectivity index (χ4n) is 2.43. The maximum Gasteiger partial charge on any atom is 0.305 e. The Bertz CT molecular complexity index is 470. The topological polar surface area (TPSA) is 55.2 Å². The van der Waals surface area contributed by atoms with Crippen LogP contribution in [0.1, 0.15) is 12.5 Å². The number of rotatable bonds is 5. The van der Waals surface area contributed by atoms with Crippen LogP contribution in [0.15, 0.2) is 18.2 Å². The lowest BCUT2D eigenvalue weighted by Crippen LogP contribution is -2.36. The molecule has 1 aliphatic rings. The molecule has 2 atom stereocenters. The van der Waals surface area contributed by atoms with Gasteiger partial charge < -0.3 is 5.32 Å². The fraction of sp³-hybridized carbons (Fsp3) is 0.538. The largest absolute Gasteiger partial charge is 0.313 e. The standard InChI is InChI=1S/C13H17FN2O2S/c1-2-15-11-8-19-7-10(11)6-9-4-3-5-12(13(9)14)16(17)18/h3-5,10-11,15H,2,6-8H2,1H3. The molecule has 104 valence electrons. The minimum atomic E-state index is -0.681. The van der Waals surface area contributed by atoms with Crippen molar-refractivity contribution in [2.75, 3.05) is 18.1 Å². The first-order chi connectivity index (χ1) is 9.13. The lowest BCUT2D eigenvalue weighted by Gasteiger charge is -2.19. The molecule has 0 bridgehead atoms. The molecule has 1 saturated heterocycles. The summed E-state index contributed by atoms with van der Waals surface area (Å²) >= 11 is 1.85. The van der Waals surface area contributed by atoms with E-state index in [2.05, 4.69) is 5.32 Å². The summed E-state index contributed by atoms with van der Waals surface area (Å²) in [4.78, 5) is 10.1. The second-order valence-electron chi connectivity index (χ2n) is 4.67. The average Bonchev–Trinajstić information content (AvgIpc) is 2.79. The lowest BCUT2D eigenvalue weighted by molar-refractivity contribution is -0.387. The highest BCUT2D eigenvalue weighted by molar-refractivity contribution is 7.99. The number of halogens is 1. The number of benzene rings is 1. The molecule has 0 aliphatic carbocycles. The molecule has 1 N–H and O–H groups in total. The molecule has 6 heteroatoms. The van der Waals surface area contributed by atoms with Crippen LogP contribution in [0.25, 0.3) is 0 Å². The van der Waals surface area contributed by atoms with Gasteiger partial charge in [0.15, 0.2) is 0 Å². The molecule has 0 radical (unpaired) electrons. The summed E-state index contributed by atoms with van der Waals surface area (Å²) < 4.78 is 14.0. The number of hydrogen-bond acceptors (Lipinski definition) is 4. The number of nitrogens with one attached hydrogen (secondary N) is 1. The van der Waals surface area contributed by atoms with Gasteiger partial charge in [0.05, 0.1) is 4.92 Å². The van der Waals surface area contributed by atoms with Crippen LogP contribution in [0, 0.1) is 21.8 Å². The third-order valence-corrected chi connectivity index (χ3v) is 4.66. The molecule has 1 aromatic carbocycles. The Morgan fingerprint density at radius 3 is 3.00 bits per heavy atom. The predicted octanol–water partition coefficient (Wildman–Crippen LogP) is 2.62. The van der Waals surface area contributed by atoms with Gasteiger partial charge in [0, 0.05) is 17.9 Å². The van der Waals surface area contributed by atoms with Crippen molar-refractivity contribution in [1.82, 2.24) is 5.32 Å². The fourth-order valence-corrected chi connectivity index (χ4v) is 3.87. The quantitative estimate of drug-likeness (QED) is 0.667. The highest BCUT2D eigenvalue weighted by atomic mass is 32.2. The summed E-state index contributed by atoms with van der Waals surface area (Å²) in [5.74, 6) is 1.65. The van der Waals surface area contributed by atoms with Crippen LogP contribution in [-0.2, 0) is 6.42 Å². The molecular formula is C13H17FN2O2S. The van der Waals surface area contributed by atoms with Gasteiger partial charge >= 0.3 is 5.69 Å². The van der Waals surface area contributed by atoms with Crippen LogP contribution in [-0.4, -0.2) is 29.0 Å². The Hall–Kier alpha value is -1.14. The molecule has 0 spiro atoms. The molecule has 0 saturated carbocycles. The average molecular weight is 284 g/mol. The normalized spacial score (nSPS) is 22.6. The third-order valence-electron chi connectivity index (χ3n) is 3.40. The molecule has 1 aromatic rings. The van der Waals surface area contributed by atoms with Crippen LogP contribution in [0.2, 0.25) is 0 Å². The van der Waals surface area contributed by atoms with E-state index < -0.39 is 16.4 Å². The molecule has 1 aliphatic heterocycles. The highest BCUT2D eigenvalue weighted by Crippen LogP contribution is 2.30. The van der Waals surface area contributed by atoms with Crippen molar-refractivity contribution in [2.24, 2.45) is 5.92 Å². The molecule has 4 nitrogen and oxygen atoms in total. The van der Waals surface area contributed by atoms with Crippen LogP contribution in [0.4, 0.5) is 10.1 Å². The van der Waals surface area contributed by atoms with Gasteiger partial charge in [-0.25, -0.2) is 0 Å². The van der Waals surface area contributed by atoms with Crippen LogP contribution < -0.4 is 5.32 Å². The van der Waals surface area contributed by atoms with E-state index in [1.165, 1.54) is 6.07 Å². The summed E-state index contributed by atoms with van der Waals surface area (Å²) in [6.45, 7) is 2.94. The molecule has 1 heterocycles. The van der Waals surface area contributed by atoms with Crippen molar-refractivity contribution in [3.63, 3.8) is 0 Å². The van der Waals surface area contributed by atoms with E-state index in [-0.39, 0.29) is 0 Å². The number of thioether (sulfide) groups is 1. The van der Waals surface area contributed by atoms with Crippen molar-refractivity contribution in [3.05, 3.63) is 39.7 Å². The van der Waals surface area contributed by atoms with E-state index in [1.807, 2.05) is 18.7 Å². The summed E-state index contributed by atoms with van der Waals surface area (Å²) in [7, 11) is 0. The number of nitrogens with zero attached hydrogens (tertiary/aromatic N) is 1. The molecule has 2 rings (SSSR count). The zero-order chi connectivity index (χ0) is 13.8. The maximum atomic E-state index is 14.0. The molecule has 1 fully saturated rings. The highest BCUT2D eigenvalue weighted by Gasteiger charge is 2.29. The first kappa shape index (κ1) is 14.3. The van der Waals surface area contributed by atoms with E-state index in [4.69, 9.17) is 0 Å². The second kappa shape index (κ2) is 6.34. The van der Waals surface area contributed by atoms with Crippen LogP contribution in [0.5, 0.6) is 0 Å². The van der Waals surface area contributed by atoms with Gasteiger partial charge in [-0.15, -0.1) is 0 Å². The van der Waals surface area contributed by atoms with Gasteiger partial charge in [0.1, 0.15) is 0 Å². The van der Waals surface area contributed by atoms with E-state index >= 15 is 0 Å². The van der Waals surface area contributed by atoms with Gasteiger partial charge in [-0.2, -0.15) is 16.2 Å². The summed E-state index contributed by atoms with van der Waals surface area (Å²) in [5.41, 5.74) is 0.0211. The zero-order valence-corrected chi connectivity index (χ0v) is 11.6. The van der Waals surface area contributed by atoms with E-state index in [9.17, 15) is 14.5 Å². The molecular weight excluding hydrogens is 267 g/mol. The maximum absolute atomic E-state index is 14.0. The monoisotopic (exact) mass is 284 g/mol. The van der Waals surface area contributed by atoms with Gasteiger partial charge in [0.25, 0.3) is 0 Å². The minimum Gasteiger partial charge on any atom is -0.313 e. The van der Waals surface area contributed by atoms with Gasteiger partial charge in [-0.05, 0) is 30.2 Å². The summed E-state index contributed by atoms with van der Waals surface area (Å²) in [6.07, 6.45) is 0.554. The SMILES string of the molecule is CCNC1CSCC1Cc1cccc([N+](=O)[O-])c1F. The first-order valence-corrected chi connectivity index (χ1v) is 7.51. The van der Waals surface area contributed by atoms with Crippen molar-refractivity contribution in [1.29, 1.82) is 0 Å². The number of hydrogen-bond donors (Lipinski definition) is 1. The molecule has 0 amide bonds. The summed E-state index contributed by atoms with van der Waals surface area (Å²) in [6, 6.07) is 4.79. The molecule has 0 aromatic heterocycles. The van der Waals surface area contributed by atoms with Gasteiger partial charge in [-0.3, -0.25) is 10.1 Å². The van der Waals surface area contributed by atoms with Crippen LogP contribution in [0.3, 0.4) is 0 Å². The van der Waals surface area contributed by atoms with E-state index in [0.29, 0.717) is 23.9 Å². The smallest absolute Gasteiger partial charge is 0.305 e. The molecule has 19 heavy (non-hydrogen) atoms. The predicted molar refractivity (Wildman–Crippen MR) is 75.0 cm³/mol. The Balaban J connectivity index is 2.15. The Morgan fingerprint density at radius 1 is 1.53 bits per heavy atom. The Morgan fingerprint density at radius 2 is 2.32 bits per heavy atom. The number of nitro groups is 1. The van der Waals surface area contributed by atoms with Crippen molar-refractivity contribution < 1.29 is 9.31 Å². The van der Waals surface area contributed by atoms with Crippen molar-refractivity contribution in [2.45, 2.75) is 19.4 Å². The van der Waals surface area contributed by atoms with Gasteiger partial charge in [-0.1, -0.05) is 19.1 Å². The third kappa shape index (κ3) is 3.25. The first-order valence-electron chi connectivity index (χ1n) is 6.36.